The van der Waals surface area contributed by atoms with E-state index in [0.29, 0.717) is 6.04 Å². The van der Waals surface area contributed by atoms with Crippen LogP contribution in [0.4, 0.5) is 0 Å². The van der Waals surface area contributed by atoms with E-state index in [0.717, 1.165) is 60.2 Å². The SMILES string of the molecule is [2H]c1c2ccccc2c(-c2cccc3c2oc2cccc(-c4c5ccccc5c(-c5ccccc5)c5ccccc45)c23)c2ccccc12. The van der Waals surface area contributed by atoms with E-state index in [1.165, 1.54) is 38.2 Å². The van der Waals surface area contributed by atoms with E-state index in [2.05, 4.69) is 152 Å². The Morgan fingerprint density at radius 1 is 0.362 bits per heavy atom. The summed E-state index contributed by atoms with van der Waals surface area (Å²) in [6.45, 7) is 0. The standard InChI is InChI=1S/C46H28O/c1-2-14-29(15-3-1)42-34-20-8-10-22-36(34)44(37-23-11-9-21-35(37)42)38-24-13-27-41-45(38)40-26-12-25-39(46(40)47-41)43-32-18-6-4-16-30(32)28-31-17-5-7-19-33(31)43/h1-28H/i28D. The summed E-state index contributed by atoms with van der Waals surface area (Å²) < 4.78 is 15.9. The number of fused-ring (bicyclic) bond motifs is 7. The minimum Gasteiger partial charge on any atom is -0.455 e. The lowest BCUT2D eigenvalue weighted by atomic mass is 9.85. The van der Waals surface area contributed by atoms with E-state index in [1.54, 1.807) is 0 Å². The monoisotopic (exact) mass is 597 g/mol. The van der Waals surface area contributed by atoms with Gasteiger partial charge in [-0.2, -0.15) is 0 Å². The summed E-state index contributed by atoms with van der Waals surface area (Å²) in [4.78, 5) is 0. The highest BCUT2D eigenvalue weighted by Crippen LogP contribution is 2.48. The second-order valence-corrected chi connectivity index (χ2v) is 12.3. The lowest BCUT2D eigenvalue weighted by molar-refractivity contribution is 0.670. The zero-order chi connectivity index (χ0) is 31.8. The summed E-state index contributed by atoms with van der Waals surface area (Å²) in [7, 11) is 0. The molecular weight excluding hydrogens is 569 g/mol. The third-order valence-corrected chi connectivity index (χ3v) is 9.72. The van der Waals surface area contributed by atoms with Gasteiger partial charge in [-0.15, -0.1) is 0 Å². The molecule has 10 aromatic rings. The molecule has 0 saturated carbocycles. The van der Waals surface area contributed by atoms with Crippen molar-refractivity contribution in [3.63, 3.8) is 0 Å². The van der Waals surface area contributed by atoms with E-state index in [-0.39, 0.29) is 0 Å². The van der Waals surface area contributed by atoms with Crippen LogP contribution in [-0.2, 0) is 0 Å². The summed E-state index contributed by atoms with van der Waals surface area (Å²) in [5, 5.41) is 11.1. The molecule has 0 spiro atoms. The van der Waals surface area contributed by atoms with Gasteiger partial charge in [0.15, 0.2) is 0 Å². The molecule has 0 amide bonds. The van der Waals surface area contributed by atoms with Crippen LogP contribution in [0.2, 0.25) is 0 Å². The van der Waals surface area contributed by atoms with E-state index in [4.69, 9.17) is 5.79 Å². The zero-order valence-electron chi connectivity index (χ0n) is 26.5. The van der Waals surface area contributed by atoms with Crippen molar-refractivity contribution in [2.45, 2.75) is 0 Å². The van der Waals surface area contributed by atoms with Gasteiger partial charge in [0.2, 0.25) is 0 Å². The van der Waals surface area contributed by atoms with Crippen molar-refractivity contribution >= 4 is 65.0 Å². The van der Waals surface area contributed by atoms with Crippen molar-refractivity contribution in [1.82, 2.24) is 0 Å². The van der Waals surface area contributed by atoms with Crippen molar-refractivity contribution in [2.75, 3.05) is 0 Å². The summed E-state index contributed by atoms with van der Waals surface area (Å²) in [5.74, 6) is 0. The first-order valence-electron chi connectivity index (χ1n) is 16.6. The summed E-state index contributed by atoms with van der Waals surface area (Å²) in [5.41, 5.74) is 8.71. The largest absolute Gasteiger partial charge is 0.455 e. The van der Waals surface area contributed by atoms with Gasteiger partial charge in [-0.3, -0.25) is 0 Å². The average molecular weight is 598 g/mol. The molecule has 0 fully saturated rings. The van der Waals surface area contributed by atoms with Crippen LogP contribution in [0.5, 0.6) is 0 Å². The van der Waals surface area contributed by atoms with Crippen LogP contribution in [0.25, 0.3) is 98.4 Å². The van der Waals surface area contributed by atoms with Gasteiger partial charge in [0.1, 0.15) is 11.2 Å². The molecule has 0 aliphatic rings. The maximum absolute atomic E-state index is 9.04. The molecular formula is C46H28O. The van der Waals surface area contributed by atoms with Gasteiger partial charge in [-0.05, 0) is 77.5 Å². The molecule has 47 heavy (non-hydrogen) atoms. The molecule has 1 heteroatoms. The highest BCUT2D eigenvalue weighted by Gasteiger charge is 2.22. The Morgan fingerprint density at radius 3 is 1.47 bits per heavy atom. The van der Waals surface area contributed by atoms with Crippen LogP contribution < -0.4 is 0 Å². The van der Waals surface area contributed by atoms with Crippen LogP contribution in [0.3, 0.4) is 0 Å². The second kappa shape index (κ2) is 10.2. The summed E-state index contributed by atoms with van der Waals surface area (Å²) >= 11 is 0. The van der Waals surface area contributed by atoms with Gasteiger partial charge < -0.3 is 4.42 Å². The first-order valence-corrected chi connectivity index (χ1v) is 16.1. The molecule has 0 atom stereocenters. The third kappa shape index (κ3) is 3.84. The first-order chi connectivity index (χ1) is 23.8. The van der Waals surface area contributed by atoms with E-state index < -0.39 is 0 Å². The summed E-state index contributed by atoms with van der Waals surface area (Å²) in [6.07, 6.45) is 0. The lowest BCUT2D eigenvalue weighted by Gasteiger charge is -2.18. The highest BCUT2D eigenvalue weighted by molar-refractivity contribution is 6.27. The van der Waals surface area contributed by atoms with Crippen LogP contribution in [0.1, 0.15) is 1.37 Å². The molecule has 0 N–H and O–H groups in total. The molecule has 218 valence electrons. The maximum atomic E-state index is 9.04. The summed E-state index contributed by atoms with van der Waals surface area (Å²) in [6, 6.07) is 58.4. The van der Waals surface area contributed by atoms with E-state index >= 15 is 0 Å². The minimum absolute atomic E-state index is 0.557. The van der Waals surface area contributed by atoms with Gasteiger partial charge in [0.25, 0.3) is 0 Å². The Bertz CT molecular complexity index is 2780. The molecule has 9 aromatic carbocycles. The minimum atomic E-state index is 0.557. The van der Waals surface area contributed by atoms with Crippen molar-refractivity contribution in [3.8, 4) is 33.4 Å². The van der Waals surface area contributed by atoms with E-state index in [9.17, 15) is 0 Å². The quantitative estimate of drug-likeness (QED) is 0.185. The number of benzene rings is 9. The number of furan rings is 1. The maximum Gasteiger partial charge on any atom is 0.143 e. The smallest absolute Gasteiger partial charge is 0.143 e. The predicted molar refractivity (Wildman–Crippen MR) is 200 cm³/mol. The van der Waals surface area contributed by atoms with Gasteiger partial charge in [0, 0.05) is 21.9 Å². The predicted octanol–water partition coefficient (Wildman–Crippen LogP) is 13.2. The molecule has 0 bridgehead atoms. The lowest BCUT2D eigenvalue weighted by Crippen LogP contribution is -1.91. The molecule has 0 radical (unpaired) electrons. The zero-order valence-corrected chi connectivity index (χ0v) is 25.5. The molecule has 1 aromatic heterocycles. The Morgan fingerprint density at radius 2 is 0.830 bits per heavy atom. The highest BCUT2D eigenvalue weighted by atomic mass is 16.3. The van der Waals surface area contributed by atoms with Crippen LogP contribution >= 0.6 is 0 Å². The molecule has 1 nitrogen and oxygen atoms in total. The molecule has 1 heterocycles. The molecule has 0 aliphatic carbocycles. The third-order valence-electron chi connectivity index (χ3n) is 9.72. The van der Waals surface area contributed by atoms with Crippen molar-refractivity contribution < 1.29 is 5.79 Å². The molecule has 0 unspecified atom stereocenters. The topological polar surface area (TPSA) is 13.1 Å². The fraction of sp³-hybridized carbons (Fsp3) is 0. The Balaban J connectivity index is 1.33. The van der Waals surface area contributed by atoms with Crippen molar-refractivity contribution in [2.24, 2.45) is 0 Å². The number of hydrogen-bond donors (Lipinski definition) is 0. The van der Waals surface area contributed by atoms with E-state index in [1.807, 2.05) is 12.1 Å². The van der Waals surface area contributed by atoms with Gasteiger partial charge in [-0.25, -0.2) is 0 Å². The van der Waals surface area contributed by atoms with Crippen molar-refractivity contribution in [1.29, 1.82) is 0 Å². The average Bonchev–Trinajstić information content (AvgIpc) is 3.54. The van der Waals surface area contributed by atoms with Gasteiger partial charge in [0.05, 0.1) is 1.37 Å². The normalized spacial score (nSPS) is 12.1. The molecule has 0 saturated heterocycles. The van der Waals surface area contributed by atoms with Crippen LogP contribution in [-0.4, -0.2) is 0 Å². The van der Waals surface area contributed by atoms with Crippen LogP contribution in [0.15, 0.2) is 174 Å². The van der Waals surface area contributed by atoms with Crippen molar-refractivity contribution in [3.05, 3.63) is 170 Å². The number of rotatable bonds is 3. The Hall–Kier alpha value is -6.18. The van der Waals surface area contributed by atoms with Gasteiger partial charge >= 0.3 is 0 Å². The van der Waals surface area contributed by atoms with Gasteiger partial charge in [-0.1, -0.05) is 158 Å². The number of para-hydroxylation sites is 1. The molecule has 0 aliphatic heterocycles. The fourth-order valence-corrected chi connectivity index (χ4v) is 7.79. The fourth-order valence-electron chi connectivity index (χ4n) is 7.79. The second-order valence-electron chi connectivity index (χ2n) is 12.3. The van der Waals surface area contributed by atoms with Crippen LogP contribution in [0, 0.1) is 0 Å². The Labute approximate surface area is 273 Å². The number of hydrogen-bond acceptors (Lipinski definition) is 1. The Kier molecular flexibility index (Phi) is 5.42. The molecule has 10 rings (SSSR count). The first kappa shape index (κ1) is 25.1.